The average Bonchev–Trinajstić information content (AvgIpc) is 1.68. The van der Waals surface area contributed by atoms with E-state index in [1.54, 1.807) is 40.7 Å². The third kappa shape index (κ3) is 14.2. The summed E-state index contributed by atoms with van der Waals surface area (Å²) in [6.07, 6.45) is -2.34. The minimum Gasteiger partial charge on any atom is -0.511 e. The predicted octanol–water partition coefficient (Wildman–Crippen LogP) is 6.62. The highest BCUT2D eigenvalue weighted by atomic mass is 16.8. The summed E-state index contributed by atoms with van der Waals surface area (Å²) in [7, 11) is 1.24. The maximum atomic E-state index is 15.6. The molecule has 25 nitrogen and oxygen atoms in total. The number of aldehydes is 1. The van der Waals surface area contributed by atoms with Crippen molar-refractivity contribution in [3.63, 3.8) is 0 Å². The highest BCUT2D eigenvalue weighted by Crippen LogP contribution is 2.61. The number of Topliss-reactive ketones (excluding diaryl/α,β-unsaturated/α-hetero) is 1. The summed E-state index contributed by atoms with van der Waals surface area (Å²) in [6, 6.07) is 0. The number of fused-ring (bicyclic) bond motifs is 4. The zero-order valence-electron chi connectivity index (χ0n) is 55.7. The lowest BCUT2D eigenvalue weighted by Crippen LogP contribution is -2.59. The van der Waals surface area contributed by atoms with Gasteiger partial charge >= 0.3 is 17.9 Å². The lowest BCUT2D eigenvalue weighted by atomic mass is 9.49. The van der Waals surface area contributed by atoms with Gasteiger partial charge in [0.1, 0.15) is 29.8 Å². The molecule has 29 unspecified atom stereocenters. The fourth-order valence-corrected chi connectivity index (χ4v) is 17.1. The van der Waals surface area contributed by atoms with Crippen molar-refractivity contribution < 1.29 is 116 Å². The Morgan fingerprint density at radius 1 is 0.699 bits per heavy atom. The van der Waals surface area contributed by atoms with Crippen LogP contribution in [0, 0.1) is 46.8 Å². The van der Waals surface area contributed by atoms with Gasteiger partial charge < -0.3 is 82.0 Å². The minimum atomic E-state index is -2.27. The number of carbonyl (C=O) groups is 5. The lowest BCUT2D eigenvalue weighted by molar-refractivity contribution is -0.399. The molecule has 93 heavy (non-hydrogen) atoms. The van der Waals surface area contributed by atoms with Gasteiger partial charge in [-0.3, -0.25) is 29.6 Å². The summed E-state index contributed by atoms with van der Waals surface area (Å²) in [5, 5.41) is 68.2. The van der Waals surface area contributed by atoms with Crippen LogP contribution >= 0.6 is 0 Å². The zero-order valence-corrected chi connectivity index (χ0v) is 55.7. The molecule has 0 amide bonds. The fourth-order valence-electron chi connectivity index (χ4n) is 17.1. The monoisotopic (exact) mass is 1310 g/mol. The maximum absolute atomic E-state index is 15.6. The molecule has 6 saturated heterocycles. The Kier molecular flexibility index (Phi) is 21.9. The number of esters is 3. The van der Waals surface area contributed by atoms with Crippen LogP contribution in [0.25, 0.3) is 0 Å². The number of methoxy groups -OCH3 is 1. The van der Waals surface area contributed by atoms with Crippen LogP contribution in [0.3, 0.4) is 0 Å². The van der Waals surface area contributed by atoms with Crippen LogP contribution in [-0.4, -0.2) is 201 Å². The first-order valence-electron chi connectivity index (χ1n) is 33.3. The summed E-state index contributed by atoms with van der Waals surface area (Å²) in [4.78, 5) is 68.2. The van der Waals surface area contributed by atoms with E-state index in [0.717, 1.165) is 5.57 Å². The van der Waals surface area contributed by atoms with Crippen LogP contribution in [0.2, 0.25) is 0 Å². The van der Waals surface area contributed by atoms with E-state index in [2.05, 4.69) is 19.9 Å². The molecule has 0 aromatic heterocycles. The number of aliphatic hydroxyl groups excluding tert-OH is 4. The predicted molar refractivity (Wildman–Crippen MR) is 324 cm³/mol. The van der Waals surface area contributed by atoms with Gasteiger partial charge in [0, 0.05) is 68.6 Å². The number of ketones is 1. The first kappa shape index (κ1) is 71.4. The van der Waals surface area contributed by atoms with E-state index in [1.807, 2.05) is 39.8 Å². The maximum Gasteiger partial charge on any atom is 0.346 e. The molecule has 0 radical (unpaired) electrons. The van der Waals surface area contributed by atoms with Crippen molar-refractivity contribution >= 4 is 30.0 Å². The van der Waals surface area contributed by atoms with Crippen molar-refractivity contribution in [3.8, 4) is 0 Å². The van der Waals surface area contributed by atoms with Crippen molar-refractivity contribution in [1.82, 2.24) is 5.23 Å². The van der Waals surface area contributed by atoms with E-state index in [0.29, 0.717) is 44.0 Å². The van der Waals surface area contributed by atoms with E-state index < -0.39 is 198 Å². The summed E-state index contributed by atoms with van der Waals surface area (Å²) in [5.41, 5.74) is -4.54. The molecule has 0 aromatic carbocycles. The Morgan fingerprint density at radius 3 is 1.99 bits per heavy atom. The second-order valence-corrected chi connectivity index (χ2v) is 28.5. The Bertz CT molecular complexity index is 2900. The van der Waals surface area contributed by atoms with Gasteiger partial charge in [0.25, 0.3) is 0 Å². The smallest absolute Gasteiger partial charge is 0.346 e. The minimum absolute atomic E-state index is 0.0158. The third-order valence-electron chi connectivity index (χ3n) is 22.1. The fraction of sp³-hybridized carbons (Fsp3) is 0.779. The largest absolute Gasteiger partial charge is 0.511 e. The van der Waals surface area contributed by atoms with E-state index in [4.69, 9.17) is 61.6 Å². The second kappa shape index (κ2) is 28.6. The van der Waals surface area contributed by atoms with Gasteiger partial charge in [-0.25, -0.2) is 4.79 Å². The van der Waals surface area contributed by atoms with Gasteiger partial charge in [-0.15, -0.1) is 0 Å². The number of hydroxylamine groups is 2. The Hall–Kier alpha value is -4.39. The molecule has 4 aliphatic carbocycles. The van der Waals surface area contributed by atoms with Crippen molar-refractivity contribution in [2.75, 3.05) is 7.11 Å². The molecular weight excluding hydrogens is 1210 g/mol. The van der Waals surface area contributed by atoms with Crippen molar-refractivity contribution in [2.45, 2.75) is 282 Å². The quantitative estimate of drug-likeness (QED) is 0.0250. The molecule has 10 rings (SSSR count). The zero-order chi connectivity index (χ0) is 67.5. The number of rotatable bonds is 15. The van der Waals surface area contributed by atoms with Crippen LogP contribution in [0.5, 0.6) is 0 Å². The molecule has 1 spiro atoms. The standard InChI is InChI=1S/C68H99NO24/c1-31-14-18-49(88-57-29-66(11,69(79)80)44(35(5)82-57)25-52(75)81-13)32(2)23-45-47(73)24-41(30-70)28-68(45)64(77)58(65(78)93-68)63(76)67(12)43(31)16-15-42-59(67)33(3)22-34(4)60(42)92-56-27-51(62(39(9)86-56)87-40(10)71)90-53-21-19-50(37(7)84-53)89-55-26-48(74)61(38(8)85-55)91-54-20-17-46(72)36(6)83-54/h14-16,23,28,30,33-39,42-51,53-57,59-62,72-74,76,79-80H,17-22,24-27,29H2,1-13H3. The van der Waals surface area contributed by atoms with Crippen LogP contribution < -0.4 is 0 Å². The summed E-state index contributed by atoms with van der Waals surface area (Å²) in [5.74, 6) is -7.69. The van der Waals surface area contributed by atoms with E-state index in [1.165, 1.54) is 20.1 Å². The topological polar surface area (TPSA) is 330 Å². The molecule has 29 atom stereocenters. The van der Waals surface area contributed by atoms with Crippen molar-refractivity contribution in [2.24, 2.45) is 46.8 Å². The molecule has 1 saturated carbocycles. The number of hydrogen-bond donors (Lipinski definition) is 6. The van der Waals surface area contributed by atoms with Crippen LogP contribution in [0.1, 0.15) is 154 Å². The number of carbonyl (C=O) groups excluding carboxylic acids is 5. The second-order valence-electron chi connectivity index (χ2n) is 28.5. The number of allylic oxidation sites excluding steroid dienone is 3. The third-order valence-corrected chi connectivity index (χ3v) is 22.1. The SMILES string of the molecule is COC(=O)CC1C(C)OC(OC2CC=C(C)C3C=CC4C(OC5CC(OC6CCC(OC7CC(O)C(OC8CCC(O)C(C)O8)C(C)O7)C(C)O6)C(OC(C)=O)C(C)O5)C(C)CC(C)C4C3(C)C(O)=C3C(=O)OC4(C=C(C=O)CC(O)C4C=C2C)C3=O)CC1(C)N(O)O. The molecule has 6 N–H and O–H groups in total. The number of nitrogens with zero attached hydrogens (tertiary/aromatic N) is 1. The molecule has 25 heteroatoms. The molecule has 6 aliphatic heterocycles. The number of hydrogen-bond acceptors (Lipinski definition) is 25. The Labute approximate surface area is 543 Å². The van der Waals surface area contributed by atoms with Crippen molar-refractivity contribution in [1.29, 1.82) is 0 Å². The molecule has 0 aromatic rings. The Balaban J connectivity index is 0.905. The molecule has 6 heterocycles. The van der Waals surface area contributed by atoms with Gasteiger partial charge in [-0.2, -0.15) is 0 Å². The van der Waals surface area contributed by atoms with Gasteiger partial charge in [0.05, 0.1) is 92.1 Å². The van der Waals surface area contributed by atoms with Gasteiger partial charge in [-0.1, -0.05) is 55.9 Å². The molecular formula is C68H99NO24. The molecule has 2 bridgehead atoms. The summed E-state index contributed by atoms with van der Waals surface area (Å²) in [6.45, 7) is 21.5. The first-order chi connectivity index (χ1) is 43.9. The van der Waals surface area contributed by atoms with Gasteiger partial charge in [0.2, 0.25) is 11.4 Å². The normalized spacial score (nSPS) is 46.4. The molecule has 10 aliphatic rings. The number of ether oxygens (including phenoxy) is 13. The summed E-state index contributed by atoms with van der Waals surface area (Å²) >= 11 is 0. The highest BCUT2D eigenvalue weighted by Gasteiger charge is 2.64. The van der Waals surface area contributed by atoms with Crippen LogP contribution in [0.4, 0.5) is 0 Å². The molecule has 520 valence electrons. The van der Waals surface area contributed by atoms with E-state index in [-0.39, 0.29) is 61.2 Å². The highest BCUT2D eigenvalue weighted by molar-refractivity contribution is 6.27. The van der Waals surface area contributed by atoms with E-state index in [9.17, 15) is 50.0 Å². The lowest BCUT2D eigenvalue weighted by Gasteiger charge is -2.56. The number of aliphatic hydroxyl groups is 4. The average molecular weight is 1310 g/mol. The van der Waals surface area contributed by atoms with Gasteiger partial charge in [0.15, 0.2) is 37.6 Å². The van der Waals surface area contributed by atoms with Crippen molar-refractivity contribution in [3.05, 3.63) is 58.4 Å². The Morgan fingerprint density at radius 2 is 1.33 bits per heavy atom. The summed E-state index contributed by atoms with van der Waals surface area (Å²) < 4.78 is 81.9. The molecule has 7 fully saturated rings. The van der Waals surface area contributed by atoms with Gasteiger partial charge in [-0.05, 0) is 116 Å². The van der Waals surface area contributed by atoms with Crippen LogP contribution in [0.15, 0.2) is 58.4 Å². The first-order valence-corrected chi connectivity index (χ1v) is 33.3. The van der Waals surface area contributed by atoms with E-state index >= 15 is 4.79 Å². The van der Waals surface area contributed by atoms with Crippen LogP contribution in [-0.2, 0) is 85.6 Å².